The molecule has 1 amide bonds. The summed E-state index contributed by atoms with van der Waals surface area (Å²) >= 11 is 0. The summed E-state index contributed by atoms with van der Waals surface area (Å²) in [6.07, 6.45) is -2.62. The van der Waals surface area contributed by atoms with Crippen molar-refractivity contribution < 1.29 is 59.2 Å². The third-order valence-corrected chi connectivity index (χ3v) is 4.41. The highest BCUT2D eigenvalue weighted by molar-refractivity contribution is 5.78. The van der Waals surface area contributed by atoms with Gasteiger partial charge in [-0.3, -0.25) is 4.79 Å². The Bertz CT molecular complexity index is 611. The number of carboxylic acid groups (broad SMARTS) is 1. The maximum Gasteiger partial charge on any atom is 0.364 e. The van der Waals surface area contributed by atoms with Crippen LogP contribution in [0.3, 0.4) is 0 Å². The summed E-state index contributed by atoms with van der Waals surface area (Å²) in [7, 11) is 0. The van der Waals surface area contributed by atoms with E-state index >= 15 is 0 Å². The molecule has 13 heteroatoms. The molecule has 6 atom stereocenters. The lowest BCUT2D eigenvalue weighted by atomic mass is 9.88. The second kappa shape index (κ2) is 13.5. The van der Waals surface area contributed by atoms with Crippen LogP contribution in [0.25, 0.3) is 0 Å². The maximum absolute atomic E-state index is 11.9. The van der Waals surface area contributed by atoms with E-state index in [-0.39, 0.29) is 33.0 Å². The first kappa shape index (κ1) is 27.2. The Morgan fingerprint density at radius 1 is 1.19 bits per heavy atom. The quantitative estimate of drug-likeness (QED) is 0.0992. The number of carboxylic acids is 1. The molecule has 0 bridgehead atoms. The van der Waals surface area contributed by atoms with Crippen LogP contribution in [0.4, 0.5) is 0 Å². The van der Waals surface area contributed by atoms with Crippen molar-refractivity contribution in [1.82, 2.24) is 5.32 Å². The highest BCUT2D eigenvalue weighted by atomic mass is 16.7. The van der Waals surface area contributed by atoms with Crippen molar-refractivity contribution in [2.75, 3.05) is 46.2 Å². The van der Waals surface area contributed by atoms with Gasteiger partial charge in [0.25, 0.3) is 5.79 Å². The molecular formula is C18H29NO12. The molecule has 0 spiro atoms. The molecule has 178 valence electrons. The lowest BCUT2D eigenvalue weighted by molar-refractivity contribution is -0.313. The summed E-state index contributed by atoms with van der Waals surface area (Å²) in [6.45, 7) is -1.72. The van der Waals surface area contributed by atoms with Crippen LogP contribution < -0.4 is 5.32 Å². The predicted molar refractivity (Wildman–Crippen MR) is 100 cm³/mol. The predicted octanol–water partition coefficient (Wildman–Crippen LogP) is -4.21. The Kier molecular flexibility index (Phi) is 11.9. The molecule has 31 heavy (non-hydrogen) atoms. The minimum absolute atomic E-state index is 0.0644. The molecule has 0 aliphatic carbocycles. The third kappa shape index (κ3) is 7.96. The zero-order chi connectivity index (χ0) is 23.4. The number of amides is 1. The molecule has 7 N–H and O–H groups in total. The van der Waals surface area contributed by atoms with E-state index in [4.69, 9.17) is 35.6 Å². The first-order valence-electron chi connectivity index (χ1n) is 9.41. The van der Waals surface area contributed by atoms with Crippen LogP contribution in [0.5, 0.6) is 0 Å². The molecule has 1 aliphatic heterocycles. The van der Waals surface area contributed by atoms with Gasteiger partial charge in [0.2, 0.25) is 5.91 Å². The van der Waals surface area contributed by atoms with Gasteiger partial charge >= 0.3 is 5.97 Å². The smallest absolute Gasteiger partial charge is 0.364 e. The summed E-state index contributed by atoms with van der Waals surface area (Å²) in [6, 6.07) is -1.41. The molecular weight excluding hydrogens is 422 g/mol. The summed E-state index contributed by atoms with van der Waals surface area (Å²) < 4.78 is 20.9. The van der Waals surface area contributed by atoms with Gasteiger partial charge in [-0.15, -0.1) is 6.42 Å². The van der Waals surface area contributed by atoms with E-state index in [0.717, 1.165) is 0 Å². The lowest BCUT2D eigenvalue weighted by Crippen LogP contribution is -2.68. The highest BCUT2D eigenvalue weighted by Gasteiger charge is 2.55. The summed E-state index contributed by atoms with van der Waals surface area (Å²) in [4.78, 5) is 23.5. The molecule has 0 saturated carbocycles. The average Bonchev–Trinajstić information content (AvgIpc) is 2.75. The zero-order valence-corrected chi connectivity index (χ0v) is 16.8. The Morgan fingerprint density at radius 2 is 1.84 bits per heavy atom. The summed E-state index contributed by atoms with van der Waals surface area (Å²) in [5.74, 6) is -2.73. The topological polar surface area (TPSA) is 204 Å². The number of nitrogens with one attached hydrogen (secondary N) is 1. The van der Waals surface area contributed by atoms with E-state index in [0.29, 0.717) is 0 Å². The monoisotopic (exact) mass is 451 g/mol. The highest BCUT2D eigenvalue weighted by Crippen LogP contribution is 2.33. The standard InChI is InChI=1S/C18H29NO12/c1-2-3-28-4-5-29-6-7-30-18(17(26)27)8-11(22)14(19-13(24)10-21)16(31-18)15(25)12(23)9-20/h1,11-12,14-16,20-23,25H,3-10H2,(H,19,24)(H,26,27)/t11-,12+,14+,15+,16+,18+/m0/s1. The second-order valence-electron chi connectivity index (χ2n) is 6.62. The molecule has 1 aliphatic rings. The molecule has 0 aromatic rings. The Hall–Kier alpha value is -1.86. The van der Waals surface area contributed by atoms with Gasteiger partial charge in [-0.05, 0) is 0 Å². The van der Waals surface area contributed by atoms with Gasteiger partial charge in [0.15, 0.2) is 0 Å². The number of hydrogen-bond donors (Lipinski definition) is 7. The number of carbonyl (C=O) groups excluding carboxylic acids is 1. The van der Waals surface area contributed by atoms with Gasteiger partial charge in [-0.2, -0.15) is 0 Å². The number of aliphatic hydroxyl groups excluding tert-OH is 5. The van der Waals surface area contributed by atoms with E-state index in [1.807, 2.05) is 0 Å². The van der Waals surface area contributed by atoms with Crippen molar-refractivity contribution in [1.29, 1.82) is 0 Å². The molecule has 0 aromatic heterocycles. The van der Waals surface area contributed by atoms with Crippen LogP contribution in [-0.2, 0) is 28.5 Å². The lowest BCUT2D eigenvalue weighted by Gasteiger charge is -2.46. The van der Waals surface area contributed by atoms with E-state index < -0.39 is 67.8 Å². The fourth-order valence-electron chi connectivity index (χ4n) is 2.89. The molecule has 1 heterocycles. The van der Waals surface area contributed by atoms with Crippen molar-refractivity contribution in [2.45, 2.75) is 42.7 Å². The van der Waals surface area contributed by atoms with E-state index in [1.54, 1.807) is 0 Å². The van der Waals surface area contributed by atoms with Gasteiger partial charge in [-0.25, -0.2) is 4.79 Å². The number of hydrogen-bond acceptors (Lipinski definition) is 11. The molecule has 0 unspecified atom stereocenters. The summed E-state index contributed by atoms with van der Waals surface area (Å²) in [5.41, 5.74) is 0. The van der Waals surface area contributed by atoms with Crippen molar-refractivity contribution in [3.05, 3.63) is 0 Å². The first-order valence-corrected chi connectivity index (χ1v) is 9.41. The van der Waals surface area contributed by atoms with Gasteiger partial charge in [0, 0.05) is 6.42 Å². The molecule has 1 rings (SSSR count). The Balaban J connectivity index is 2.87. The largest absolute Gasteiger partial charge is 0.477 e. The Morgan fingerprint density at radius 3 is 2.42 bits per heavy atom. The van der Waals surface area contributed by atoms with Crippen molar-refractivity contribution in [2.24, 2.45) is 0 Å². The second-order valence-corrected chi connectivity index (χ2v) is 6.62. The zero-order valence-electron chi connectivity index (χ0n) is 16.8. The van der Waals surface area contributed by atoms with Gasteiger partial charge in [0.1, 0.15) is 31.5 Å². The van der Waals surface area contributed by atoms with Crippen molar-refractivity contribution in [3.63, 3.8) is 0 Å². The number of terminal acetylenes is 1. The number of aliphatic hydroxyl groups is 5. The fraction of sp³-hybridized carbons (Fsp3) is 0.778. The molecule has 1 saturated heterocycles. The van der Waals surface area contributed by atoms with E-state index in [1.165, 1.54) is 0 Å². The van der Waals surface area contributed by atoms with Crippen molar-refractivity contribution in [3.8, 4) is 12.3 Å². The number of carbonyl (C=O) groups is 2. The van der Waals surface area contributed by atoms with Gasteiger partial charge < -0.3 is 54.9 Å². The van der Waals surface area contributed by atoms with Crippen LogP contribution >= 0.6 is 0 Å². The van der Waals surface area contributed by atoms with E-state index in [9.17, 15) is 30.0 Å². The molecule has 13 nitrogen and oxygen atoms in total. The van der Waals surface area contributed by atoms with Crippen LogP contribution in [0.2, 0.25) is 0 Å². The van der Waals surface area contributed by atoms with Gasteiger partial charge in [-0.1, -0.05) is 5.92 Å². The number of aliphatic carboxylic acids is 1. The SMILES string of the molecule is C#CCOCCOCCO[C@]1(C(=O)O)C[C@H](O)[C@@H](NC(=O)CO)[C@H]([C@H](O)[C@H](O)CO)O1. The van der Waals surface area contributed by atoms with Crippen LogP contribution in [0.1, 0.15) is 6.42 Å². The van der Waals surface area contributed by atoms with Crippen molar-refractivity contribution >= 4 is 11.9 Å². The first-order chi connectivity index (χ1) is 14.7. The normalized spacial score (nSPS) is 27.8. The molecule has 0 aromatic carbocycles. The minimum atomic E-state index is -2.44. The average molecular weight is 451 g/mol. The van der Waals surface area contributed by atoms with E-state index in [2.05, 4.69) is 11.2 Å². The third-order valence-electron chi connectivity index (χ3n) is 4.41. The fourth-order valence-corrected chi connectivity index (χ4v) is 2.89. The van der Waals surface area contributed by atoms with Crippen LogP contribution in [0.15, 0.2) is 0 Å². The van der Waals surface area contributed by atoms with Crippen LogP contribution in [0, 0.1) is 12.3 Å². The number of rotatable bonds is 14. The molecule has 1 fully saturated rings. The summed E-state index contributed by atoms with van der Waals surface area (Å²) in [5, 5.41) is 60.4. The maximum atomic E-state index is 11.9. The minimum Gasteiger partial charge on any atom is -0.477 e. The van der Waals surface area contributed by atoms with Gasteiger partial charge in [0.05, 0.1) is 45.2 Å². The molecule has 0 radical (unpaired) electrons. The van der Waals surface area contributed by atoms with Crippen LogP contribution in [-0.4, -0.2) is 125 Å². The number of ether oxygens (including phenoxy) is 4. The Labute approximate surface area is 178 Å².